The molecule has 0 saturated carbocycles. The van der Waals surface area contributed by atoms with Crippen LogP contribution in [0.4, 0.5) is 11.4 Å². The number of halogens is 2. The average Bonchev–Trinajstić information content (AvgIpc) is 2.47. The van der Waals surface area contributed by atoms with Crippen LogP contribution in [0.2, 0.25) is 10.0 Å². The first-order valence-electron chi connectivity index (χ1n) is 6.64. The predicted molar refractivity (Wildman–Crippen MR) is 94.0 cm³/mol. The molecule has 0 unspecified atom stereocenters. The van der Waals surface area contributed by atoms with Crippen molar-refractivity contribution in [3.63, 3.8) is 0 Å². The Morgan fingerprint density at radius 2 is 1.75 bits per heavy atom. The Balaban J connectivity index is 2.06. The molecule has 0 fully saturated rings. The normalized spacial score (nSPS) is 10.5. The van der Waals surface area contributed by atoms with Crippen LogP contribution >= 0.6 is 35.0 Å². The zero-order valence-electron chi connectivity index (χ0n) is 12.7. The first-order chi connectivity index (χ1) is 11.3. The second kappa shape index (κ2) is 7.78. The lowest BCUT2D eigenvalue weighted by Gasteiger charge is -2.09. The maximum absolute atomic E-state index is 12.0. The number of nitro groups is 1. The van der Waals surface area contributed by atoms with E-state index in [1.54, 1.807) is 0 Å². The minimum Gasteiger partial charge on any atom is -0.323 e. The molecule has 0 radical (unpaired) electrons. The van der Waals surface area contributed by atoms with E-state index >= 15 is 0 Å². The van der Waals surface area contributed by atoms with Crippen LogP contribution in [0.25, 0.3) is 0 Å². The molecule has 2 aromatic rings. The van der Waals surface area contributed by atoms with Gasteiger partial charge in [-0.1, -0.05) is 35.0 Å². The summed E-state index contributed by atoms with van der Waals surface area (Å²) in [5.74, 6) is -0.326. The van der Waals surface area contributed by atoms with E-state index in [4.69, 9.17) is 23.2 Å². The van der Waals surface area contributed by atoms with Gasteiger partial charge in [-0.3, -0.25) is 14.9 Å². The molecular formula is C14H12Cl2N4O3S. The molecule has 0 atom stereocenters. The van der Waals surface area contributed by atoms with Crippen molar-refractivity contribution < 1.29 is 9.72 Å². The lowest BCUT2D eigenvalue weighted by Crippen LogP contribution is -2.15. The number of nitrogens with zero attached hydrogens (tertiary/aromatic N) is 3. The van der Waals surface area contributed by atoms with Gasteiger partial charge in [-0.2, -0.15) is 0 Å². The molecule has 0 aliphatic rings. The van der Waals surface area contributed by atoms with Crippen molar-refractivity contribution in [1.82, 2.24) is 9.97 Å². The van der Waals surface area contributed by atoms with Crippen LogP contribution in [0.15, 0.2) is 23.4 Å². The number of nitro benzene ring substituents is 1. The molecule has 1 N–H and O–H groups in total. The molecule has 1 aromatic heterocycles. The molecule has 1 heterocycles. The van der Waals surface area contributed by atoms with Crippen LogP contribution in [0.5, 0.6) is 0 Å². The summed E-state index contributed by atoms with van der Waals surface area (Å²) < 4.78 is 0. The second-order valence-corrected chi connectivity index (χ2v) is 6.57. The largest absolute Gasteiger partial charge is 0.323 e. The van der Waals surface area contributed by atoms with Gasteiger partial charge in [0.25, 0.3) is 5.69 Å². The summed E-state index contributed by atoms with van der Waals surface area (Å²) in [6.45, 7) is 3.68. The van der Waals surface area contributed by atoms with E-state index in [0.717, 1.165) is 23.5 Å². The topological polar surface area (TPSA) is 98.0 Å². The Morgan fingerprint density at radius 1 is 1.21 bits per heavy atom. The Hall–Kier alpha value is -1.90. The summed E-state index contributed by atoms with van der Waals surface area (Å²) in [5, 5.41) is 13.8. The minimum atomic E-state index is -0.614. The minimum absolute atomic E-state index is 0.00444. The van der Waals surface area contributed by atoms with Crippen molar-refractivity contribution in [1.29, 1.82) is 0 Å². The quantitative estimate of drug-likeness (QED) is 0.360. The fraction of sp³-hybridized carbons (Fsp3) is 0.214. The summed E-state index contributed by atoms with van der Waals surface area (Å²) in [6.07, 6.45) is 0. The molecule has 126 valence electrons. The average molecular weight is 387 g/mol. The number of amides is 1. The number of thioether (sulfide) groups is 1. The van der Waals surface area contributed by atoms with E-state index in [2.05, 4.69) is 15.3 Å². The maximum Gasteiger partial charge on any atom is 0.272 e. The van der Waals surface area contributed by atoms with Gasteiger partial charge < -0.3 is 5.32 Å². The SMILES string of the molecule is Cc1cc(C)nc(SCC(=O)Nc2c(Cl)cc([N+](=O)[O-])cc2Cl)n1. The summed E-state index contributed by atoms with van der Waals surface area (Å²) in [4.78, 5) is 30.6. The van der Waals surface area contributed by atoms with Crippen LogP contribution in [-0.2, 0) is 4.79 Å². The molecule has 2 rings (SSSR count). The Bertz CT molecular complexity index is 773. The zero-order valence-corrected chi connectivity index (χ0v) is 15.0. The van der Waals surface area contributed by atoms with Gasteiger partial charge in [0.05, 0.1) is 26.4 Å². The van der Waals surface area contributed by atoms with E-state index in [1.807, 2.05) is 19.9 Å². The number of rotatable bonds is 5. The molecule has 0 aliphatic heterocycles. The van der Waals surface area contributed by atoms with Crippen LogP contribution in [0, 0.1) is 24.0 Å². The number of hydrogen-bond donors (Lipinski definition) is 1. The molecule has 0 saturated heterocycles. The number of aryl methyl sites for hydroxylation is 2. The first kappa shape index (κ1) is 18.4. The molecule has 24 heavy (non-hydrogen) atoms. The monoisotopic (exact) mass is 386 g/mol. The van der Waals surface area contributed by atoms with Gasteiger partial charge in [0.15, 0.2) is 5.16 Å². The Labute approximate surface area is 151 Å². The molecule has 7 nitrogen and oxygen atoms in total. The lowest BCUT2D eigenvalue weighted by atomic mass is 10.3. The van der Waals surface area contributed by atoms with Crippen LogP contribution in [0.3, 0.4) is 0 Å². The van der Waals surface area contributed by atoms with Gasteiger partial charge in [-0.25, -0.2) is 9.97 Å². The number of hydrogen-bond acceptors (Lipinski definition) is 6. The predicted octanol–water partition coefficient (Wildman–Crippen LogP) is 4.04. The molecule has 0 aliphatic carbocycles. The Morgan fingerprint density at radius 3 is 2.25 bits per heavy atom. The van der Waals surface area contributed by atoms with Crippen molar-refractivity contribution in [2.45, 2.75) is 19.0 Å². The van der Waals surface area contributed by atoms with Crippen LogP contribution < -0.4 is 5.32 Å². The van der Waals surface area contributed by atoms with Crippen molar-refractivity contribution in [2.24, 2.45) is 0 Å². The summed E-state index contributed by atoms with van der Waals surface area (Å²) >= 11 is 13.1. The van der Waals surface area contributed by atoms with Crippen molar-refractivity contribution in [2.75, 3.05) is 11.1 Å². The van der Waals surface area contributed by atoms with E-state index in [9.17, 15) is 14.9 Å². The number of nitrogens with one attached hydrogen (secondary N) is 1. The Kier molecular flexibility index (Phi) is 5.98. The number of carbonyl (C=O) groups excluding carboxylic acids is 1. The highest BCUT2D eigenvalue weighted by molar-refractivity contribution is 7.99. The third-order valence-electron chi connectivity index (χ3n) is 2.80. The summed E-state index contributed by atoms with van der Waals surface area (Å²) in [5.41, 5.74) is 1.51. The molecule has 1 aromatic carbocycles. The maximum atomic E-state index is 12.0. The number of non-ortho nitro benzene ring substituents is 1. The standard InChI is InChI=1S/C14H12Cl2N4O3S/c1-7-3-8(2)18-14(17-7)24-6-12(21)19-13-10(15)4-9(20(22)23)5-11(13)16/h3-5H,6H2,1-2H3,(H,19,21). The van der Waals surface area contributed by atoms with Gasteiger partial charge >= 0.3 is 0 Å². The number of benzene rings is 1. The molecule has 0 bridgehead atoms. The van der Waals surface area contributed by atoms with Gasteiger partial charge in [-0.05, 0) is 19.9 Å². The van der Waals surface area contributed by atoms with E-state index in [0.29, 0.717) is 5.16 Å². The lowest BCUT2D eigenvalue weighted by molar-refractivity contribution is -0.384. The van der Waals surface area contributed by atoms with Gasteiger partial charge in [0, 0.05) is 23.5 Å². The number of carbonyl (C=O) groups is 1. The van der Waals surface area contributed by atoms with Crippen molar-refractivity contribution in [3.05, 3.63) is 49.7 Å². The molecular weight excluding hydrogens is 375 g/mol. The van der Waals surface area contributed by atoms with Gasteiger partial charge in [0.2, 0.25) is 5.91 Å². The summed E-state index contributed by atoms with van der Waals surface area (Å²) in [6, 6.07) is 4.09. The summed E-state index contributed by atoms with van der Waals surface area (Å²) in [7, 11) is 0. The zero-order chi connectivity index (χ0) is 17.9. The third kappa shape index (κ3) is 4.80. The van der Waals surface area contributed by atoms with Gasteiger partial charge in [-0.15, -0.1) is 0 Å². The van der Waals surface area contributed by atoms with E-state index in [1.165, 1.54) is 11.8 Å². The molecule has 0 spiro atoms. The molecule has 1 amide bonds. The third-order valence-corrected chi connectivity index (χ3v) is 4.24. The van der Waals surface area contributed by atoms with E-state index in [-0.39, 0.29) is 33.1 Å². The van der Waals surface area contributed by atoms with Crippen molar-refractivity contribution >= 4 is 52.2 Å². The van der Waals surface area contributed by atoms with E-state index < -0.39 is 4.92 Å². The van der Waals surface area contributed by atoms with Crippen LogP contribution in [0.1, 0.15) is 11.4 Å². The fourth-order valence-corrected chi connectivity index (χ4v) is 3.17. The highest BCUT2D eigenvalue weighted by atomic mass is 35.5. The second-order valence-electron chi connectivity index (χ2n) is 4.81. The van der Waals surface area contributed by atoms with Crippen molar-refractivity contribution in [3.8, 4) is 0 Å². The fourth-order valence-electron chi connectivity index (χ4n) is 1.85. The number of anilines is 1. The molecule has 10 heteroatoms. The van der Waals surface area contributed by atoms with Crippen LogP contribution in [-0.4, -0.2) is 26.6 Å². The number of aromatic nitrogens is 2. The highest BCUT2D eigenvalue weighted by Crippen LogP contribution is 2.34. The van der Waals surface area contributed by atoms with Gasteiger partial charge in [0.1, 0.15) is 0 Å². The highest BCUT2D eigenvalue weighted by Gasteiger charge is 2.16. The first-order valence-corrected chi connectivity index (χ1v) is 8.39. The smallest absolute Gasteiger partial charge is 0.272 e.